The summed E-state index contributed by atoms with van der Waals surface area (Å²) in [4.78, 5) is 22.2. The molecular formula is C14H16F3NO3. The summed E-state index contributed by atoms with van der Waals surface area (Å²) in [6.45, 7) is 4.74. The molecule has 0 aromatic heterocycles. The highest BCUT2D eigenvalue weighted by molar-refractivity contribution is 6.00. The van der Waals surface area contributed by atoms with Crippen molar-refractivity contribution >= 4 is 17.6 Å². The van der Waals surface area contributed by atoms with Crippen LogP contribution in [0.15, 0.2) is 24.3 Å². The molecule has 0 bridgehead atoms. The fourth-order valence-corrected chi connectivity index (χ4v) is 1.71. The summed E-state index contributed by atoms with van der Waals surface area (Å²) in [5, 5.41) is 8.68. The van der Waals surface area contributed by atoms with E-state index in [2.05, 4.69) is 0 Å². The summed E-state index contributed by atoms with van der Waals surface area (Å²) in [5.41, 5.74) is 0.554. The van der Waals surface area contributed by atoms with Crippen molar-refractivity contribution in [2.75, 3.05) is 11.4 Å². The lowest BCUT2D eigenvalue weighted by atomic mass is 9.87. The van der Waals surface area contributed by atoms with Crippen molar-refractivity contribution in [3.8, 4) is 0 Å². The number of carboxylic acids is 1. The summed E-state index contributed by atoms with van der Waals surface area (Å²) < 4.78 is 37.6. The smallest absolute Gasteiger partial charge is 0.471 e. The molecule has 1 rings (SSSR count). The van der Waals surface area contributed by atoms with E-state index in [0.29, 0.717) is 0 Å². The fourth-order valence-electron chi connectivity index (χ4n) is 1.71. The third kappa shape index (κ3) is 4.47. The van der Waals surface area contributed by atoms with E-state index in [1.165, 1.54) is 12.1 Å². The molecule has 116 valence electrons. The number of anilines is 1. The SMILES string of the molecule is CC(C)(C)c1ccc(N(CC(=O)O)C(=O)C(F)(F)F)cc1. The average Bonchev–Trinajstić information content (AvgIpc) is 2.33. The molecule has 0 atom stereocenters. The number of halogens is 3. The zero-order valence-electron chi connectivity index (χ0n) is 11.9. The molecule has 1 N–H and O–H groups in total. The highest BCUT2D eigenvalue weighted by Gasteiger charge is 2.43. The van der Waals surface area contributed by atoms with Crippen LogP contribution < -0.4 is 4.90 Å². The van der Waals surface area contributed by atoms with Gasteiger partial charge in [0.2, 0.25) is 0 Å². The van der Waals surface area contributed by atoms with Crippen LogP contribution in [0.2, 0.25) is 0 Å². The average molecular weight is 303 g/mol. The largest absolute Gasteiger partial charge is 0.480 e. The highest BCUT2D eigenvalue weighted by atomic mass is 19.4. The van der Waals surface area contributed by atoms with Crippen molar-refractivity contribution in [2.45, 2.75) is 32.4 Å². The number of amides is 1. The molecule has 0 aliphatic carbocycles. The molecule has 0 heterocycles. The third-order valence-electron chi connectivity index (χ3n) is 2.83. The van der Waals surface area contributed by atoms with Crippen molar-refractivity contribution in [3.63, 3.8) is 0 Å². The van der Waals surface area contributed by atoms with E-state index in [1.807, 2.05) is 20.8 Å². The van der Waals surface area contributed by atoms with Crippen LogP contribution in [0.5, 0.6) is 0 Å². The Kier molecular flexibility index (Phi) is 4.65. The molecule has 7 heteroatoms. The summed E-state index contributed by atoms with van der Waals surface area (Å²) in [5.74, 6) is -3.72. The standard InChI is InChI=1S/C14H16F3NO3/c1-13(2,3)9-4-6-10(7-5-9)18(8-11(19)20)12(21)14(15,16)17/h4-7H,8H2,1-3H3,(H,19,20). The number of alkyl halides is 3. The third-order valence-corrected chi connectivity index (χ3v) is 2.83. The molecular weight excluding hydrogens is 287 g/mol. The molecule has 21 heavy (non-hydrogen) atoms. The number of carboxylic acid groups (broad SMARTS) is 1. The summed E-state index contributed by atoms with van der Waals surface area (Å²) in [7, 11) is 0. The van der Waals surface area contributed by atoms with Crippen molar-refractivity contribution in [1.82, 2.24) is 0 Å². The molecule has 0 aliphatic heterocycles. The first-order valence-corrected chi connectivity index (χ1v) is 6.14. The molecule has 0 aliphatic rings. The first-order chi connectivity index (χ1) is 9.43. The van der Waals surface area contributed by atoms with Crippen LogP contribution in [0, 0.1) is 0 Å². The Hall–Kier alpha value is -2.05. The number of benzene rings is 1. The van der Waals surface area contributed by atoms with E-state index in [-0.39, 0.29) is 16.0 Å². The van der Waals surface area contributed by atoms with E-state index in [9.17, 15) is 22.8 Å². The second-order valence-corrected chi connectivity index (χ2v) is 5.58. The van der Waals surface area contributed by atoms with Crippen molar-refractivity contribution in [2.24, 2.45) is 0 Å². The number of nitrogens with zero attached hydrogens (tertiary/aromatic N) is 1. The normalized spacial score (nSPS) is 12.1. The van der Waals surface area contributed by atoms with Gasteiger partial charge in [0.05, 0.1) is 0 Å². The van der Waals surface area contributed by atoms with E-state index < -0.39 is 24.6 Å². The number of rotatable bonds is 3. The molecule has 0 saturated heterocycles. The van der Waals surface area contributed by atoms with Crippen LogP contribution in [0.1, 0.15) is 26.3 Å². The van der Waals surface area contributed by atoms with E-state index in [0.717, 1.165) is 5.56 Å². The molecule has 1 aromatic rings. The summed E-state index contributed by atoms with van der Waals surface area (Å²) >= 11 is 0. The zero-order chi connectivity index (χ0) is 16.4. The number of hydrogen-bond donors (Lipinski definition) is 1. The number of carbonyl (C=O) groups excluding carboxylic acids is 1. The maximum Gasteiger partial charge on any atom is 0.471 e. The van der Waals surface area contributed by atoms with E-state index in [1.54, 1.807) is 12.1 Å². The van der Waals surface area contributed by atoms with Gasteiger partial charge in [-0.25, -0.2) is 0 Å². The lowest BCUT2D eigenvalue weighted by molar-refractivity contribution is -0.170. The molecule has 4 nitrogen and oxygen atoms in total. The van der Waals surface area contributed by atoms with Gasteiger partial charge >= 0.3 is 18.1 Å². The summed E-state index contributed by atoms with van der Waals surface area (Å²) in [6.07, 6.45) is -5.13. The van der Waals surface area contributed by atoms with Gasteiger partial charge in [-0.2, -0.15) is 13.2 Å². The lowest BCUT2D eigenvalue weighted by Gasteiger charge is -2.24. The van der Waals surface area contributed by atoms with Crippen molar-refractivity contribution in [1.29, 1.82) is 0 Å². The van der Waals surface area contributed by atoms with Gasteiger partial charge in [0.25, 0.3) is 0 Å². The second kappa shape index (κ2) is 5.75. The molecule has 0 radical (unpaired) electrons. The molecule has 1 amide bonds. The quantitative estimate of drug-likeness (QED) is 0.934. The number of carbonyl (C=O) groups is 2. The Morgan fingerprint density at radius 3 is 1.90 bits per heavy atom. The van der Waals surface area contributed by atoms with Crippen LogP contribution in [-0.2, 0) is 15.0 Å². The Balaban J connectivity index is 3.16. The minimum Gasteiger partial charge on any atom is -0.480 e. The number of aliphatic carboxylic acids is 1. The Labute approximate surface area is 120 Å². The van der Waals surface area contributed by atoms with Gasteiger partial charge in [0, 0.05) is 5.69 Å². The number of hydrogen-bond acceptors (Lipinski definition) is 2. The Morgan fingerprint density at radius 1 is 1.10 bits per heavy atom. The van der Waals surface area contributed by atoms with Crippen molar-refractivity contribution in [3.05, 3.63) is 29.8 Å². The van der Waals surface area contributed by atoms with Gasteiger partial charge in [0.15, 0.2) is 0 Å². The molecule has 1 aromatic carbocycles. The van der Waals surface area contributed by atoms with Crippen LogP contribution in [0.25, 0.3) is 0 Å². The molecule has 0 spiro atoms. The highest BCUT2D eigenvalue weighted by Crippen LogP contribution is 2.27. The predicted molar refractivity (Wildman–Crippen MR) is 71.2 cm³/mol. The minimum atomic E-state index is -5.13. The lowest BCUT2D eigenvalue weighted by Crippen LogP contribution is -2.44. The molecule has 0 fully saturated rings. The zero-order valence-corrected chi connectivity index (χ0v) is 11.9. The van der Waals surface area contributed by atoms with Crippen LogP contribution in [0.4, 0.5) is 18.9 Å². The van der Waals surface area contributed by atoms with Crippen LogP contribution in [-0.4, -0.2) is 29.7 Å². The second-order valence-electron chi connectivity index (χ2n) is 5.58. The van der Waals surface area contributed by atoms with E-state index in [4.69, 9.17) is 5.11 Å². The first kappa shape index (κ1) is 17.0. The molecule has 0 saturated carbocycles. The Morgan fingerprint density at radius 2 is 1.57 bits per heavy atom. The monoisotopic (exact) mass is 303 g/mol. The fraction of sp³-hybridized carbons (Fsp3) is 0.429. The van der Waals surface area contributed by atoms with Crippen LogP contribution in [0.3, 0.4) is 0 Å². The topological polar surface area (TPSA) is 57.6 Å². The summed E-state index contributed by atoms with van der Waals surface area (Å²) in [6, 6.07) is 5.78. The minimum absolute atomic E-state index is 0.104. The van der Waals surface area contributed by atoms with Gasteiger partial charge in [-0.3, -0.25) is 14.5 Å². The van der Waals surface area contributed by atoms with Crippen molar-refractivity contribution < 1.29 is 27.9 Å². The Bertz CT molecular complexity index is 530. The van der Waals surface area contributed by atoms with Gasteiger partial charge < -0.3 is 5.11 Å². The van der Waals surface area contributed by atoms with E-state index >= 15 is 0 Å². The predicted octanol–water partition coefficient (Wildman–Crippen LogP) is 2.96. The maximum absolute atomic E-state index is 12.5. The first-order valence-electron chi connectivity index (χ1n) is 6.14. The molecule has 0 unspecified atom stereocenters. The van der Waals surface area contributed by atoms with Crippen LogP contribution >= 0.6 is 0 Å². The van der Waals surface area contributed by atoms with Gasteiger partial charge in [0.1, 0.15) is 6.54 Å². The van der Waals surface area contributed by atoms with Gasteiger partial charge in [-0.05, 0) is 23.1 Å². The maximum atomic E-state index is 12.5. The van der Waals surface area contributed by atoms with Gasteiger partial charge in [-0.1, -0.05) is 32.9 Å². The van der Waals surface area contributed by atoms with Gasteiger partial charge in [-0.15, -0.1) is 0 Å².